The standard InChI is InChI=1S/C22H16Cl2N4O4/c1-32-22(31)16-7-6-15(24)10-18(16)25-20(29)12-27-8-9-28-19(21(27)30)11-17(26-28)13-2-4-14(23)5-3-13/h2-11H,12H2,1H3,(H,25,29). The zero-order valence-electron chi connectivity index (χ0n) is 16.7. The topological polar surface area (TPSA) is 94.7 Å². The van der Waals surface area contributed by atoms with E-state index in [0.717, 1.165) is 5.56 Å². The molecule has 32 heavy (non-hydrogen) atoms. The first-order valence-corrected chi connectivity index (χ1v) is 10.1. The number of benzene rings is 2. The van der Waals surface area contributed by atoms with E-state index in [-0.39, 0.29) is 17.8 Å². The van der Waals surface area contributed by atoms with Gasteiger partial charge in [0, 0.05) is 28.0 Å². The van der Waals surface area contributed by atoms with Crippen molar-refractivity contribution in [1.82, 2.24) is 14.2 Å². The lowest BCUT2D eigenvalue weighted by molar-refractivity contribution is -0.116. The minimum absolute atomic E-state index is 0.149. The van der Waals surface area contributed by atoms with E-state index >= 15 is 0 Å². The predicted octanol–water partition coefficient (Wildman–Crippen LogP) is 3.90. The smallest absolute Gasteiger partial charge is 0.339 e. The SMILES string of the molecule is COC(=O)c1ccc(Cl)cc1NC(=O)Cn1ccn2nc(-c3ccc(Cl)cc3)cc2c1=O. The first-order valence-electron chi connectivity index (χ1n) is 9.38. The molecule has 0 radical (unpaired) electrons. The van der Waals surface area contributed by atoms with Crippen molar-refractivity contribution < 1.29 is 14.3 Å². The predicted molar refractivity (Wildman–Crippen MR) is 121 cm³/mol. The first-order chi connectivity index (χ1) is 15.4. The molecule has 2 heterocycles. The van der Waals surface area contributed by atoms with Crippen LogP contribution in [0, 0.1) is 0 Å². The number of carbonyl (C=O) groups is 2. The van der Waals surface area contributed by atoms with E-state index in [9.17, 15) is 14.4 Å². The molecule has 0 bridgehead atoms. The third-order valence-electron chi connectivity index (χ3n) is 4.72. The van der Waals surface area contributed by atoms with Crippen LogP contribution in [0.25, 0.3) is 16.8 Å². The van der Waals surface area contributed by atoms with Gasteiger partial charge in [-0.1, -0.05) is 35.3 Å². The maximum atomic E-state index is 12.9. The molecule has 10 heteroatoms. The lowest BCUT2D eigenvalue weighted by Crippen LogP contribution is -2.28. The zero-order valence-corrected chi connectivity index (χ0v) is 18.2. The average Bonchev–Trinajstić information content (AvgIpc) is 3.21. The van der Waals surface area contributed by atoms with Crippen molar-refractivity contribution in [3.05, 3.63) is 86.9 Å². The van der Waals surface area contributed by atoms with Gasteiger partial charge in [-0.3, -0.25) is 9.59 Å². The summed E-state index contributed by atoms with van der Waals surface area (Å²) >= 11 is 11.9. The molecule has 0 spiro atoms. The van der Waals surface area contributed by atoms with Gasteiger partial charge < -0.3 is 14.6 Å². The molecule has 2 aromatic carbocycles. The molecule has 0 fully saturated rings. The molecular weight excluding hydrogens is 455 g/mol. The number of hydrogen-bond donors (Lipinski definition) is 1. The summed E-state index contributed by atoms with van der Waals surface area (Å²) in [7, 11) is 1.24. The molecule has 1 N–H and O–H groups in total. The average molecular weight is 471 g/mol. The number of ether oxygens (including phenoxy) is 1. The zero-order chi connectivity index (χ0) is 22.8. The van der Waals surface area contributed by atoms with Crippen LogP contribution in [0.2, 0.25) is 10.0 Å². The first kappa shape index (κ1) is 21.6. The molecule has 0 aliphatic heterocycles. The number of aromatic nitrogens is 3. The third kappa shape index (κ3) is 4.37. The van der Waals surface area contributed by atoms with Crippen LogP contribution in [0.4, 0.5) is 5.69 Å². The van der Waals surface area contributed by atoms with Crippen LogP contribution in [-0.2, 0) is 16.1 Å². The Balaban J connectivity index is 1.60. The summed E-state index contributed by atoms with van der Waals surface area (Å²) < 4.78 is 7.43. The fourth-order valence-electron chi connectivity index (χ4n) is 3.16. The molecule has 4 aromatic rings. The maximum Gasteiger partial charge on any atom is 0.339 e. The molecule has 0 saturated carbocycles. The molecule has 2 aromatic heterocycles. The quantitative estimate of drug-likeness (QED) is 0.446. The van der Waals surface area contributed by atoms with Crippen molar-refractivity contribution in [3.63, 3.8) is 0 Å². The van der Waals surface area contributed by atoms with Crippen LogP contribution >= 0.6 is 23.2 Å². The van der Waals surface area contributed by atoms with Crippen LogP contribution in [0.5, 0.6) is 0 Å². The minimum atomic E-state index is -0.621. The minimum Gasteiger partial charge on any atom is -0.465 e. The van der Waals surface area contributed by atoms with Gasteiger partial charge in [-0.2, -0.15) is 5.10 Å². The van der Waals surface area contributed by atoms with Crippen molar-refractivity contribution in [2.45, 2.75) is 6.54 Å². The Morgan fingerprint density at radius 1 is 1.03 bits per heavy atom. The van der Waals surface area contributed by atoms with E-state index in [0.29, 0.717) is 21.3 Å². The largest absolute Gasteiger partial charge is 0.465 e. The number of fused-ring (bicyclic) bond motifs is 1. The Morgan fingerprint density at radius 2 is 1.75 bits per heavy atom. The molecule has 0 aliphatic carbocycles. The second-order valence-electron chi connectivity index (χ2n) is 6.83. The van der Waals surface area contributed by atoms with Crippen LogP contribution in [0.1, 0.15) is 10.4 Å². The van der Waals surface area contributed by atoms with Crippen LogP contribution in [0.15, 0.2) is 65.7 Å². The van der Waals surface area contributed by atoms with Crippen molar-refractivity contribution in [3.8, 4) is 11.3 Å². The van der Waals surface area contributed by atoms with Gasteiger partial charge >= 0.3 is 5.97 Å². The number of halogens is 2. The molecule has 0 atom stereocenters. The summed E-state index contributed by atoms with van der Waals surface area (Å²) in [5.74, 6) is -1.13. The Morgan fingerprint density at radius 3 is 2.47 bits per heavy atom. The number of hydrogen-bond acceptors (Lipinski definition) is 5. The van der Waals surface area contributed by atoms with Crippen LogP contribution in [-0.4, -0.2) is 33.2 Å². The third-order valence-corrected chi connectivity index (χ3v) is 5.21. The number of nitrogens with zero attached hydrogens (tertiary/aromatic N) is 3. The lowest BCUT2D eigenvalue weighted by Gasteiger charge is -2.11. The van der Waals surface area contributed by atoms with Gasteiger partial charge in [0.25, 0.3) is 5.56 Å². The molecular formula is C22H16Cl2N4O4. The van der Waals surface area contributed by atoms with Crippen LogP contribution < -0.4 is 10.9 Å². The fourth-order valence-corrected chi connectivity index (χ4v) is 3.46. The van der Waals surface area contributed by atoms with Gasteiger partial charge in [0.1, 0.15) is 12.1 Å². The summed E-state index contributed by atoms with van der Waals surface area (Å²) in [6.45, 7) is -0.274. The van der Waals surface area contributed by atoms with Gasteiger partial charge in [-0.25, -0.2) is 9.31 Å². The summed E-state index contributed by atoms with van der Waals surface area (Å²) in [6.07, 6.45) is 3.05. The highest BCUT2D eigenvalue weighted by Crippen LogP contribution is 2.22. The number of anilines is 1. The fraction of sp³-hybridized carbons (Fsp3) is 0.0909. The molecule has 0 aliphatic rings. The highest BCUT2D eigenvalue weighted by atomic mass is 35.5. The number of esters is 1. The number of rotatable bonds is 5. The van der Waals surface area contributed by atoms with E-state index in [1.54, 1.807) is 36.5 Å². The number of nitrogens with one attached hydrogen (secondary N) is 1. The highest BCUT2D eigenvalue weighted by molar-refractivity contribution is 6.31. The molecule has 0 unspecified atom stereocenters. The summed E-state index contributed by atoms with van der Waals surface area (Å²) in [4.78, 5) is 37.4. The Bertz CT molecular complexity index is 1390. The van der Waals surface area contributed by atoms with E-state index in [4.69, 9.17) is 27.9 Å². The summed E-state index contributed by atoms with van der Waals surface area (Å²) in [6, 6.07) is 13.1. The summed E-state index contributed by atoms with van der Waals surface area (Å²) in [5, 5.41) is 7.94. The van der Waals surface area contributed by atoms with E-state index in [1.807, 2.05) is 0 Å². The highest BCUT2D eigenvalue weighted by Gasteiger charge is 2.16. The van der Waals surface area contributed by atoms with Gasteiger partial charge in [0.05, 0.1) is 24.1 Å². The van der Waals surface area contributed by atoms with Gasteiger partial charge in [0.2, 0.25) is 5.91 Å². The Labute approximate surface area is 191 Å². The summed E-state index contributed by atoms with van der Waals surface area (Å²) in [5.41, 5.74) is 1.66. The van der Waals surface area contributed by atoms with Gasteiger partial charge in [0.15, 0.2) is 0 Å². The number of amides is 1. The van der Waals surface area contributed by atoms with Crippen LogP contribution in [0.3, 0.4) is 0 Å². The van der Waals surface area contributed by atoms with Crippen molar-refractivity contribution in [1.29, 1.82) is 0 Å². The van der Waals surface area contributed by atoms with Gasteiger partial charge in [-0.15, -0.1) is 0 Å². The van der Waals surface area contributed by atoms with Gasteiger partial charge in [-0.05, 0) is 36.4 Å². The molecule has 162 valence electrons. The van der Waals surface area contributed by atoms with Crippen molar-refractivity contribution >= 4 is 46.3 Å². The molecule has 8 nitrogen and oxygen atoms in total. The lowest BCUT2D eigenvalue weighted by atomic mass is 10.1. The van der Waals surface area contributed by atoms with Crippen molar-refractivity contribution in [2.24, 2.45) is 0 Å². The molecule has 1 amide bonds. The second-order valence-corrected chi connectivity index (χ2v) is 7.70. The molecule has 0 saturated heterocycles. The number of carbonyl (C=O) groups excluding carboxylic acids is 2. The van der Waals surface area contributed by atoms with E-state index in [2.05, 4.69) is 10.4 Å². The molecule has 4 rings (SSSR count). The number of methoxy groups -OCH3 is 1. The second kappa shape index (κ2) is 8.86. The maximum absolute atomic E-state index is 12.9. The van der Waals surface area contributed by atoms with Crippen molar-refractivity contribution in [2.75, 3.05) is 12.4 Å². The Kier molecular flexibility index (Phi) is 5.98. The van der Waals surface area contributed by atoms with E-state index in [1.165, 1.54) is 40.6 Å². The van der Waals surface area contributed by atoms with E-state index < -0.39 is 17.4 Å². The Hall–Kier alpha value is -3.62. The monoisotopic (exact) mass is 470 g/mol. The normalized spacial score (nSPS) is 10.8.